The number of hydrogen-bond acceptors (Lipinski definition) is 5. The summed E-state index contributed by atoms with van der Waals surface area (Å²) in [6.07, 6.45) is 0. The largest absolute Gasteiger partial charge is 0.325 e. The van der Waals surface area contributed by atoms with Crippen LogP contribution in [0.5, 0.6) is 0 Å². The molecule has 1 aliphatic heterocycles. The lowest BCUT2D eigenvalue weighted by Crippen LogP contribution is -2.46. The van der Waals surface area contributed by atoms with E-state index in [2.05, 4.69) is 20.5 Å². The van der Waals surface area contributed by atoms with Crippen LogP contribution in [0.1, 0.15) is 5.01 Å². The highest BCUT2D eigenvalue weighted by atomic mass is 32.1. The zero-order valence-electron chi connectivity index (χ0n) is 12.6. The topological polar surface area (TPSA) is 57.3 Å². The highest BCUT2D eigenvalue weighted by Gasteiger charge is 2.13. The highest BCUT2D eigenvalue weighted by Crippen LogP contribution is 2.24. The monoisotopic (exact) mass is 316 g/mol. The number of hydrogen-bond donors (Lipinski definition) is 2. The van der Waals surface area contributed by atoms with Gasteiger partial charge >= 0.3 is 0 Å². The molecule has 2 heterocycles. The first-order valence-electron chi connectivity index (χ1n) is 7.46. The Labute approximate surface area is 134 Å². The molecular formula is C16H20N4OS. The number of aryl methyl sites for hydroxylation is 1. The second-order valence-electron chi connectivity index (χ2n) is 5.41. The molecule has 116 valence electrons. The summed E-state index contributed by atoms with van der Waals surface area (Å²) in [4.78, 5) is 18.8. The second kappa shape index (κ2) is 7.00. The van der Waals surface area contributed by atoms with Crippen molar-refractivity contribution in [3.8, 4) is 11.3 Å². The van der Waals surface area contributed by atoms with Crippen LogP contribution in [0.25, 0.3) is 11.3 Å². The van der Waals surface area contributed by atoms with E-state index >= 15 is 0 Å². The number of anilines is 1. The van der Waals surface area contributed by atoms with Gasteiger partial charge in [-0.2, -0.15) is 0 Å². The van der Waals surface area contributed by atoms with E-state index in [9.17, 15) is 4.79 Å². The molecule has 0 bridgehead atoms. The van der Waals surface area contributed by atoms with E-state index in [1.807, 2.05) is 36.6 Å². The van der Waals surface area contributed by atoms with Crippen molar-refractivity contribution in [2.75, 3.05) is 38.0 Å². The van der Waals surface area contributed by atoms with Gasteiger partial charge in [-0.15, -0.1) is 11.3 Å². The fourth-order valence-corrected chi connectivity index (χ4v) is 3.15. The maximum Gasteiger partial charge on any atom is 0.238 e. The first-order valence-corrected chi connectivity index (χ1v) is 8.34. The van der Waals surface area contributed by atoms with E-state index in [1.54, 1.807) is 11.3 Å². The van der Waals surface area contributed by atoms with E-state index in [1.165, 1.54) is 0 Å². The molecular weight excluding hydrogens is 296 g/mol. The summed E-state index contributed by atoms with van der Waals surface area (Å²) in [6, 6.07) is 7.85. The Morgan fingerprint density at radius 2 is 2.23 bits per heavy atom. The van der Waals surface area contributed by atoms with Gasteiger partial charge in [-0.1, -0.05) is 12.1 Å². The van der Waals surface area contributed by atoms with Crippen LogP contribution in [0.15, 0.2) is 29.6 Å². The molecule has 3 rings (SSSR count). The molecule has 1 aromatic heterocycles. The lowest BCUT2D eigenvalue weighted by atomic mass is 10.1. The Balaban J connectivity index is 1.63. The Bertz CT molecular complexity index is 649. The van der Waals surface area contributed by atoms with Crippen molar-refractivity contribution in [1.82, 2.24) is 15.2 Å². The maximum atomic E-state index is 12.1. The molecule has 0 unspecified atom stereocenters. The third-order valence-corrected chi connectivity index (χ3v) is 4.41. The van der Waals surface area contributed by atoms with E-state index < -0.39 is 0 Å². The van der Waals surface area contributed by atoms with Crippen LogP contribution in [-0.4, -0.2) is 48.5 Å². The Morgan fingerprint density at radius 3 is 2.95 bits per heavy atom. The zero-order valence-corrected chi connectivity index (χ0v) is 13.4. The minimum absolute atomic E-state index is 0.0357. The highest BCUT2D eigenvalue weighted by molar-refractivity contribution is 7.09. The summed E-state index contributed by atoms with van der Waals surface area (Å²) >= 11 is 1.63. The third kappa shape index (κ3) is 3.91. The zero-order chi connectivity index (χ0) is 15.4. The van der Waals surface area contributed by atoms with Gasteiger partial charge in [-0.25, -0.2) is 4.98 Å². The summed E-state index contributed by atoms with van der Waals surface area (Å²) in [5, 5.41) is 9.35. The summed E-state index contributed by atoms with van der Waals surface area (Å²) < 4.78 is 0. The smallest absolute Gasteiger partial charge is 0.238 e. The maximum absolute atomic E-state index is 12.1. The van der Waals surface area contributed by atoms with Gasteiger partial charge < -0.3 is 10.6 Å². The van der Waals surface area contributed by atoms with Gasteiger partial charge in [0.1, 0.15) is 0 Å². The molecule has 0 aliphatic carbocycles. The van der Waals surface area contributed by atoms with Crippen LogP contribution in [0.2, 0.25) is 0 Å². The fourth-order valence-electron chi connectivity index (χ4n) is 2.53. The van der Waals surface area contributed by atoms with Gasteiger partial charge in [-0.3, -0.25) is 9.69 Å². The molecule has 1 fully saturated rings. The van der Waals surface area contributed by atoms with E-state index in [4.69, 9.17) is 0 Å². The van der Waals surface area contributed by atoms with Crippen molar-refractivity contribution in [2.45, 2.75) is 6.92 Å². The molecule has 0 atom stereocenters. The normalized spacial score (nSPS) is 15.7. The predicted octanol–water partition coefficient (Wildman–Crippen LogP) is 1.96. The van der Waals surface area contributed by atoms with E-state index in [-0.39, 0.29) is 5.91 Å². The molecule has 1 aromatic carbocycles. The van der Waals surface area contributed by atoms with Crippen molar-refractivity contribution < 1.29 is 4.79 Å². The van der Waals surface area contributed by atoms with E-state index in [0.717, 1.165) is 48.1 Å². The number of carbonyl (C=O) groups excluding carboxylic acids is 1. The molecule has 0 radical (unpaired) electrons. The van der Waals surface area contributed by atoms with Crippen LogP contribution in [0, 0.1) is 6.92 Å². The van der Waals surface area contributed by atoms with Crippen molar-refractivity contribution in [3.05, 3.63) is 34.7 Å². The average molecular weight is 316 g/mol. The van der Waals surface area contributed by atoms with Crippen LogP contribution < -0.4 is 10.6 Å². The molecule has 0 spiro atoms. The average Bonchev–Trinajstić information content (AvgIpc) is 2.95. The van der Waals surface area contributed by atoms with Crippen LogP contribution in [0.3, 0.4) is 0 Å². The first-order chi connectivity index (χ1) is 10.7. The third-order valence-electron chi connectivity index (χ3n) is 3.64. The van der Waals surface area contributed by atoms with Crippen molar-refractivity contribution in [2.24, 2.45) is 0 Å². The van der Waals surface area contributed by atoms with Crippen molar-refractivity contribution in [3.63, 3.8) is 0 Å². The SMILES string of the molecule is Cc1nc(-c2cccc(NC(=O)CN3CCNCC3)c2)cs1. The minimum Gasteiger partial charge on any atom is -0.325 e. The van der Waals surface area contributed by atoms with Gasteiger partial charge in [0, 0.05) is 42.8 Å². The molecule has 5 nitrogen and oxygen atoms in total. The standard InChI is InChI=1S/C16H20N4OS/c1-12-18-15(11-22-12)13-3-2-4-14(9-13)19-16(21)10-20-7-5-17-6-8-20/h2-4,9,11,17H,5-8,10H2,1H3,(H,19,21). The lowest BCUT2D eigenvalue weighted by molar-refractivity contribution is -0.117. The van der Waals surface area contributed by atoms with Crippen molar-refractivity contribution >= 4 is 22.9 Å². The van der Waals surface area contributed by atoms with Crippen LogP contribution in [-0.2, 0) is 4.79 Å². The van der Waals surface area contributed by atoms with Crippen LogP contribution >= 0.6 is 11.3 Å². The van der Waals surface area contributed by atoms with Gasteiger partial charge in [0.2, 0.25) is 5.91 Å². The van der Waals surface area contributed by atoms with Crippen molar-refractivity contribution in [1.29, 1.82) is 0 Å². The summed E-state index contributed by atoms with van der Waals surface area (Å²) in [7, 11) is 0. The summed E-state index contributed by atoms with van der Waals surface area (Å²) in [6.45, 7) is 6.18. The molecule has 22 heavy (non-hydrogen) atoms. The number of carbonyl (C=O) groups is 1. The number of benzene rings is 1. The van der Waals surface area contributed by atoms with Gasteiger partial charge in [0.05, 0.1) is 17.2 Å². The number of aromatic nitrogens is 1. The lowest BCUT2D eigenvalue weighted by Gasteiger charge is -2.26. The Hall–Kier alpha value is -1.76. The molecule has 1 saturated heterocycles. The number of amides is 1. The fraction of sp³-hybridized carbons (Fsp3) is 0.375. The number of piperazine rings is 1. The molecule has 0 saturated carbocycles. The van der Waals surface area contributed by atoms with Gasteiger partial charge in [0.15, 0.2) is 0 Å². The minimum atomic E-state index is 0.0357. The number of thiazole rings is 1. The number of nitrogens with zero attached hydrogens (tertiary/aromatic N) is 2. The summed E-state index contributed by atoms with van der Waals surface area (Å²) in [5.41, 5.74) is 2.81. The number of rotatable bonds is 4. The first kappa shape index (κ1) is 15.1. The van der Waals surface area contributed by atoms with E-state index in [0.29, 0.717) is 6.54 Å². The van der Waals surface area contributed by atoms with Gasteiger partial charge in [0.25, 0.3) is 0 Å². The second-order valence-corrected chi connectivity index (χ2v) is 6.47. The molecule has 1 aliphatic rings. The number of nitrogens with one attached hydrogen (secondary N) is 2. The summed E-state index contributed by atoms with van der Waals surface area (Å²) in [5.74, 6) is 0.0357. The molecule has 2 N–H and O–H groups in total. The Kier molecular flexibility index (Phi) is 4.82. The molecule has 6 heteroatoms. The predicted molar refractivity (Wildman–Crippen MR) is 90.2 cm³/mol. The van der Waals surface area contributed by atoms with Gasteiger partial charge in [-0.05, 0) is 19.1 Å². The van der Waals surface area contributed by atoms with Crippen LogP contribution in [0.4, 0.5) is 5.69 Å². The Morgan fingerprint density at radius 1 is 1.41 bits per heavy atom. The molecule has 1 amide bonds. The molecule has 2 aromatic rings. The quantitative estimate of drug-likeness (QED) is 0.905.